The summed E-state index contributed by atoms with van der Waals surface area (Å²) < 4.78 is 10.4. The number of para-hydroxylation sites is 2. The molecule has 0 aliphatic carbocycles. The number of carbonyl (C=O) groups is 2. The van der Waals surface area contributed by atoms with Crippen molar-refractivity contribution in [2.45, 2.75) is 25.8 Å². The number of fused-ring (bicyclic) bond motifs is 1. The molecule has 0 saturated carbocycles. The van der Waals surface area contributed by atoms with Crippen molar-refractivity contribution >= 4 is 23.3 Å². The molecule has 6 nitrogen and oxygen atoms in total. The zero-order valence-electron chi connectivity index (χ0n) is 15.8. The number of hydrogen-bond donors (Lipinski definition) is 1. The Bertz CT molecular complexity index is 830. The van der Waals surface area contributed by atoms with Crippen LogP contribution in [-0.4, -0.2) is 37.7 Å². The molecule has 0 radical (unpaired) electrons. The van der Waals surface area contributed by atoms with E-state index in [9.17, 15) is 9.59 Å². The smallest absolute Gasteiger partial charge is 0.337 e. The SMILES string of the molecule is COC(=O)c1ccc(OCCCN2C(=O)C(C)(C)Nc3ccccc32)cc1. The lowest BCUT2D eigenvalue weighted by Gasteiger charge is -2.40. The third-order valence-electron chi connectivity index (χ3n) is 4.49. The quantitative estimate of drug-likeness (QED) is 0.625. The van der Waals surface area contributed by atoms with Crippen molar-refractivity contribution in [1.82, 2.24) is 0 Å². The van der Waals surface area contributed by atoms with E-state index in [0.29, 0.717) is 30.9 Å². The van der Waals surface area contributed by atoms with Crippen LogP contribution in [0.3, 0.4) is 0 Å². The summed E-state index contributed by atoms with van der Waals surface area (Å²) in [5, 5.41) is 3.29. The number of methoxy groups -OCH3 is 1. The number of rotatable bonds is 6. The molecule has 0 saturated heterocycles. The number of nitrogens with zero attached hydrogens (tertiary/aromatic N) is 1. The number of esters is 1. The maximum atomic E-state index is 12.8. The Labute approximate surface area is 159 Å². The Morgan fingerprint density at radius 3 is 2.52 bits per heavy atom. The van der Waals surface area contributed by atoms with Gasteiger partial charge in [-0.2, -0.15) is 0 Å². The first-order valence-corrected chi connectivity index (χ1v) is 8.93. The van der Waals surface area contributed by atoms with Crippen LogP contribution >= 0.6 is 0 Å². The average molecular weight is 368 g/mol. The van der Waals surface area contributed by atoms with Crippen molar-refractivity contribution in [1.29, 1.82) is 0 Å². The third-order valence-corrected chi connectivity index (χ3v) is 4.49. The van der Waals surface area contributed by atoms with Crippen LogP contribution in [0.2, 0.25) is 0 Å². The maximum absolute atomic E-state index is 12.8. The minimum Gasteiger partial charge on any atom is -0.494 e. The van der Waals surface area contributed by atoms with Gasteiger partial charge in [0.1, 0.15) is 11.3 Å². The molecule has 3 rings (SSSR count). The lowest BCUT2D eigenvalue weighted by atomic mass is 9.98. The average Bonchev–Trinajstić information content (AvgIpc) is 2.67. The van der Waals surface area contributed by atoms with Gasteiger partial charge < -0.3 is 19.7 Å². The Morgan fingerprint density at radius 1 is 1.11 bits per heavy atom. The second kappa shape index (κ2) is 7.70. The van der Waals surface area contributed by atoms with Gasteiger partial charge in [-0.3, -0.25) is 4.79 Å². The van der Waals surface area contributed by atoms with Crippen LogP contribution in [0.1, 0.15) is 30.6 Å². The highest BCUT2D eigenvalue weighted by Crippen LogP contribution is 2.34. The molecular formula is C21H24N2O4. The number of benzene rings is 2. The van der Waals surface area contributed by atoms with E-state index in [1.54, 1.807) is 24.3 Å². The summed E-state index contributed by atoms with van der Waals surface area (Å²) in [7, 11) is 1.35. The first kappa shape index (κ1) is 18.8. The van der Waals surface area contributed by atoms with Gasteiger partial charge in [-0.25, -0.2) is 4.79 Å². The summed E-state index contributed by atoms with van der Waals surface area (Å²) in [5.74, 6) is 0.346. The van der Waals surface area contributed by atoms with Gasteiger partial charge in [0.2, 0.25) is 0 Å². The van der Waals surface area contributed by atoms with Crippen molar-refractivity contribution in [3.63, 3.8) is 0 Å². The lowest BCUT2D eigenvalue weighted by Crippen LogP contribution is -2.54. The van der Waals surface area contributed by atoms with Crippen molar-refractivity contribution < 1.29 is 19.1 Å². The zero-order valence-corrected chi connectivity index (χ0v) is 15.8. The Morgan fingerprint density at radius 2 is 1.81 bits per heavy atom. The van der Waals surface area contributed by atoms with Crippen molar-refractivity contribution in [2.24, 2.45) is 0 Å². The molecule has 1 amide bonds. The molecule has 2 aromatic rings. The van der Waals surface area contributed by atoms with Gasteiger partial charge in [-0.15, -0.1) is 0 Å². The summed E-state index contributed by atoms with van der Waals surface area (Å²) in [6.45, 7) is 4.81. The molecule has 0 bridgehead atoms. The largest absolute Gasteiger partial charge is 0.494 e. The van der Waals surface area contributed by atoms with Crippen LogP contribution in [-0.2, 0) is 9.53 Å². The van der Waals surface area contributed by atoms with Crippen LogP contribution in [0.5, 0.6) is 5.75 Å². The predicted octanol–water partition coefficient (Wildman–Crippen LogP) is 3.48. The molecule has 1 aliphatic rings. The molecule has 6 heteroatoms. The summed E-state index contributed by atoms with van der Waals surface area (Å²) in [6.07, 6.45) is 0.689. The third kappa shape index (κ3) is 4.05. The van der Waals surface area contributed by atoms with Crippen LogP contribution in [0.4, 0.5) is 11.4 Å². The topological polar surface area (TPSA) is 67.9 Å². The molecule has 2 aromatic carbocycles. The number of carbonyl (C=O) groups excluding carboxylic acids is 2. The number of ether oxygens (including phenoxy) is 2. The van der Waals surface area contributed by atoms with Crippen LogP contribution in [0, 0.1) is 0 Å². The molecule has 1 aliphatic heterocycles. The van der Waals surface area contributed by atoms with E-state index in [0.717, 1.165) is 11.4 Å². The number of anilines is 2. The molecule has 27 heavy (non-hydrogen) atoms. The molecule has 1 heterocycles. The molecule has 1 N–H and O–H groups in total. The van der Waals surface area contributed by atoms with Gasteiger partial charge in [-0.1, -0.05) is 12.1 Å². The van der Waals surface area contributed by atoms with E-state index in [2.05, 4.69) is 10.1 Å². The van der Waals surface area contributed by atoms with E-state index < -0.39 is 5.54 Å². The zero-order chi connectivity index (χ0) is 19.4. The van der Waals surface area contributed by atoms with Crippen molar-refractivity contribution in [2.75, 3.05) is 30.5 Å². The Balaban J connectivity index is 1.58. The fourth-order valence-electron chi connectivity index (χ4n) is 3.09. The second-order valence-corrected chi connectivity index (χ2v) is 6.94. The highest BCUT2D eigenvalue weighted by Gasteiger charge is 2.37. The highest BCUT2D eigenvalue weighted by molar-refractivity contribution is 6.07. The summed E-state index contributed by atoms with van der Waals surface area (Å²) in [4.78, 5) is 26.0. The van der Waals surface area contributed by atoms with Gasteiger partial charge in [-0.05, 0) is 56.7 Å². The minimum atomic E-state index is -0.640. The lowest BCUT2D eigenvalue weighted by molar-refractivity contribution is -0.122. The molecule has 0 spiro atoms. The molecule has 0 unspecified atom stereocenters. The van der Waals surface area contributed by atoms with E-state index >= 15 is 0 Å². The van der Waals surface area contributed by atoms with Crippen molar-refractivity contribution in [3.05, 3.63) is 54.1 Å². The molecule has 0 atom stereocenters. The molecular weight excluding hydrogens is 344 g/mol. The predicted molar refractivity (Wildman–Crippen MR) is 104 cm³/mol. The fourth-order valence-corrected chi connectivity index (χ4v) is 3.09. The normalized spacial score (nSPS) is 14.9. The van der Waals surface area contributed by atoms with Gasteiger partial charge in [0.05, 0.1) is 30.7 Å². The van der Waals surface area contributed by atoms with Gasteiger partial charge >= 0.3 is 5.97 Å². The van der Waals surface area contributed by atoms with Crippen LogP contribution in [0.15, 0.2) is 48.5 Å². The van der Waals surface area contributed by atoms with E-state index in [4.69, 9.17) is 4.74 Å². The Kier molecular flexibility index (Phi) is 5.35. The van der Waals surface area contributed by atoms with Crippen LogP contribution in [0.25, 0.3) is 0 Å². The summed E-state index contributed by atoms with van der Waals surface area (Å²) in [6, 6.07) is 14.6. The molecule has 142 valence electrons. The molecule has 0 aromatic heterocycles. The fraction of sp³-hybridized carbons (Fsp3) is 0.333. The standard InChI is InChI=1S/C21H24N2O4/c1-21(2)20(25)23(18-8-5-4-7-17(18)22-21)13-6-14-27-16-11-9-15(10-12-16)19(24)26-3/h4-5,7-12,22H,6,13-14H2,1-3H3. The summed E-state index contributed by atoms with van der Waals surface area (Å²) in [5.41, 5.74) is 1.69. The van der Waals surface area contributed by atoms with E-state index in [-0.39, 0.29) is 11.9 Å². The van der Waals surface area contributed by atoms with Gasteiger partial charge in [0, 0.05) is 6.54 Å². The second-order valence-electron chi connectivity index (χ2n) is 6.94. The highest BCUT2D eigenvalue weighted by atomic mass is 16.5. The number of amides is 1. The monoisotopic (exact) mass is 368 g/mol. The maximum Gasteiger partial charge on any atom is 0.337 e. The van der Waals surface area contributed by atoms with Crippen molar-refractivity contribution in [3.8, 4) is 5.75 Å². The van der Waals surface area contributed by atoms with E-state index in [1.165, 1.54) is 7.11 Å². The minimum absolute atomic E-state index is 0.0450. The van der Waals surface area contributed by atoms with Gasteiger partial charge in [0.15, 0.2) is 0 Å². The number of hydrogen-bond acceptors (Lipinski definition) is 5. The first-order chi connectivity index (χ1) is 12.9. The van der Waals surface area contributed by atoms with Gasteiger partial charge in [0.25, 0.3) is 5.91 Å². The molecule has 0 fully saturated rings. The summed E-state index contributed by atoms with van der Waals surface area (Å²) >= 11 is 0. The first-order valence-electron chi connectivity index (χ1n) is 8.93. The van der Waals surface area contributed by atoms with Crippen LogP contribution < -0.4 is 15.0 Å². The number of nitrogens with one attached hydrogen (secondary N) is 1. The Hall–Kier alpha value is -3.02. The van der Waals surface area contributed by atoms with E-state index in [1.807, 2.05) is 43.0 Å².